The molecule has 0 aliphatic heterocycles. The number of nitrogens with one attached hydrogen (secondary N) is 2. The first-order valence-corrected chi connectivity index (χ1v) is 12.8. The van der Waals surface area contributed by atoms with E-state index in [1.807, 2.05) is 24.3 Å². The van der Waals surface area contributed by atoms with Crippen LogP contribution >= 0.6 is 38.9 Å². The van der Waals surface area contributed by atoms with Crippen LogP contribution in [-0.4, -0.2) is 37.7 Å². The summed E-state index contributed by atoms with van der Waals surface area (Å²) in [7, 11) is 1.44. The van der Waals surface area contributed by atoms with Gasteiger partial charge in [0.05, 0.1) is 24.9 Å². The number of methoxy groups -OCH3 is 1. The number of hydrogen-bond donors (Lipinski definition) is 2. The van der Waals surface area contributed by atoms with Gasteiger partial charge in [-0.2, -0.15) is 5.10 Å². The highest BCUT2D eigenvalue weighted by Gasteiger charge is 2.20. The number of fused-ring (bicyclic) bond motifs is 1. The topological polar surface area (TPSA) is 106 Å². The summed E-state index contributed by atoms with van der Waals surface area (Å²) in [5.74, 6) is -0.979. The molecule has 0 aliphatic carbocycles. The number of benzene rings is 3. The van der Waals surface area contributed by atoms with Crippen molar-refractivity contribution in [3.8, 4) is 11.5 Å². The number of amides is 2. The molecule has 37 heavy (non-hydrogen) atoms. The normalized spacial score (nSPS) is 10.9. The summed E-state index contributed by atoms with van der Waals surface area (Å²) < 4.78 is 12.5. The molecule has 1 heterocycles. The lowest BCUT2D eigenvalue weighted by molar-refractivity contribution is -0.120. The highest BCUT2D eigenvalue weighted by molar-refractivity contribution is 9.10. The van der Waals surface area contributed by atoms with Crippen LogP contribution < -0.4 is 20.2 Å². The van der Waals surface area contributed by atoms with E-state index in [9.17, 15) is 14.4 Å². The number of esters is 1. The van der Waals surface area contributed by atoms with Crippen molar-refractivity contribution in [1.29, 1.82) is 0 Å². The molecule has 4 aromatic rings. The number of hydrazone groups is 1. The summed E-state index contributed by atoms with van der Waals surface area (Å²) in [5.41, 5.74) is 3.34. The molecule has 188 valence electrons. The van der Waals surface area contributed by atoms with Gasteiger partial charge in [0.25, 0.3) is 11.8 Å². The van der Waals surface area contributed by atoms with Crippen molar-refractivity contribution < 1.29 is 23.9 Å². The third-order valence-corrected chi connectivity index (χ3v) is 7.16. The molecule has 0 aliphatic rings. The zero-order chi connectivity index (χ0) is 26.4. The number of carbonyl (C=O) groups is 3. The molecule has 2 N–H and O–H groups in total. The fraction of sp³-hybridized carbons (Fsp3) is 0.0769. The van der Waals surface area contributed by atoms with Gasteiger partial charge in [0.1, 0.15) is 4.88 Å². The van der Waals surface area contributed by atoms with Crippen molar-refractivity contribution in [3.63, 3.8) is 0 Å². The van der Waals surface area contributed by atoms with E-state index in [0.29, 0.717) is 26.8 Å². The van der Waals surface area contributed by atoms with Gasteiger partial charge < -0.3 is 14.8 Å². The van der Waals surface area contributed by atoms with Crippen molar-refractivity contribution in [1.82, 2.24) is 10.7 Å². The lowest BCUT2D eigenvalue weighted by Crippen LogP contribution is -2.34. The van der Waals surface area contributed by atoms with E-state index >= 15 is 0 Å². The summed E-state index contributed by atoms with van der Waals surface area (Å²) in [5, 5.41) is 7.55. The number of carbonyl (C=O) groups excluding carboxylic acids is 3. The first-order valence-electron chi connectivity index (χ1n) is 10.8. The second-order valence-corrected chi connectivity index (χ2v) is 9.87. The van der Waals surface area contributed by atoms with Crippen molar-refractivity contribution in [2.24, 2.45) is 5.10 Å². The Bertz CT molecular complexity index is 1520. The van der Waals surface area contributed by atoms with E-state index in [-0.39, 0.29) is 18.2 Å². The van der Waals surface area contributed by atoms with E-state index in [4.69, 9.17) is 21.1 Å². The number of ether oxygens (including phenoxy) is 2. The molecule has 0 radical (unpaired) electrons. The minimum atomic E-state index is -0.594. The van der Waals surface area contributed by atoms with Crippen LogP contribution in [0.1, 0.15) is 25.6 Å². The Morgan fingerprint density at radius 1 is 1.05 bits per heavy atom. The molecular formula is C26H19BrClN3O5S. The van der Waals surface area contributed by atoms with Gasteiger partial charge in [-0.3, -0.25) is 9.59 Å². The Labute approximate surface area is 229 Å². The minimum absolute atomic E-state index is 0.206. The molecule has 0 bridgehead atoms. The van der Waals surface area contributed by atoms with E-state index in [1.165, 1.54) is 24.7 Å². The van der Waals surface area contributed by atoms with Crippen LogP contribution in [0.15, 0.2) is 76.3 Å². The van der Waals surface area contributed by atoms with Crippen LogP contribution in [0.5, 0.6) is 11.5 Å². The van der Waals surface area contributed by atoms with Gasteiger partial charge in [-0.05, 0) is 48.0 Å². The van der Waals surface area contributed by atoms with E-state index in [0.717, 1.165) is 14.6 Å². The van der Waals surface area contributed by atoms with Gasteiger partial charge in [-0.25, -0.2) is 10.2 Å². The maximum Gasteiger partial charge on any atom is 0.355 e. The Balaban J connectivity index is 1.35. The number of rotatable bonds is 8. The molecule has 2 amide bonds. The summed E-state index contributed by atoms with van der Waals surface area (Å²) in [4.78, 5) is 37.2. The van der Waals surface area contributed by atoms with E-state index in [1.54, 1.807) is 42.5 Å². The summed E-state index contributed by atoms with van der Waals surface area (Å²) in [6.45, 7) is -0.249. The average molecular weight is 601 g/mol. The van der Waals surface area contributed by atoms with Crippen LogP contribution in [0.25, 0.3) is 10.1 Å². The van der Waals surface area contributed by atoms with Crippen LogP contribution in [0.2, 0.25) is 5.02 Å². The predicted molar refractivity (Wildman–Crippen MR) is 147 cm³/mol. The Morgan fingerprint density at radius 2 is 1.86 bits per heavy atom. The first kappa shape index (κ1) is 26.3. The Hall–Kier alpha value is -3.73. The molecule has 0 unspecified atom stereocenters. The fourth-order valence-corrected chi connectivity index (χ4v) is 5.04. The highest BCUT2D eigenvalue weighted by atomic mass is 79.9. The molecule has 4 rings (SSSR count). The van der Waals surface area contributed by atoms with Gasteiger partial charge in [0.15, 0.2) is 11.5 Å². The maximum atomic E-state index is 12.8. The number of hydrogen-bond acceptors (Lipinski definition) is 7. The van der Waals surface area contributed by atoms with Crippen molar-refractivity contribution >= 4 is 73.0 Å². The highest BCUT2D eigenvalue weighted by Crippen LogP contribution is 2.37. The number of thiophene rings is 1. The summed E-state index contributed by atoms with van der Waals surface area (Å²) >= 11 is 10.9. The second kappa shape index (κ2) is 12.0. The fourth-order valence-electron chi connectivity index (χ4n) is 3.25. The quantitative estimate of drug-likeness (QED) is 0.122. The monoisotopic (exact) mass is 599 g/mol. The lowest BCUT2D eigenvalue weighted by atomic mass is 10.2. The molecule has 0 saturated carbocycles. The Kier molecular flexibility index (Phi) is 8.54. The number of halogens is 2. The van der Waals surface area contributed by atoms with Gasteiger partial charge in [0.2, 0.25) is 0 Å². The van der Waals surface area contributed by atoms with E-state index < -0.39 is 11.9 Å². The number of nitrogens with zero attached hydrogens (tertiary/aromatic N) is 1. The van der Waals surface area contributed by atoms with Gasteiger partial charge in [-0.15, -0.1) is 11.3 Å². The van der Waals surface area contributed by atoms with Crippen LogP contribution in [0.4, 0.5) is 0 Å². The SMILES string of the molecule is COc1cc(C=NNC(=O)CNC(=O)c2cccc(Br)c2)ccc1OC(=O)c1sc2ccccc2c1Cl. The first-order chi connectivity index (χ1) is 17.9. The van der Waals surface area contributed by atoms with Crippen molar-refractivity contribution in [3.05, 3.63) is 92.2 Å². The molecule has 0 fully saturated rings. The van der Waals surface area contributed by atoms with Crippen molar-refractivity contribution in [2.45, 2.75) is 0 Å². The van der Waals surface area contributed by atoms with Crippen LogP contribution in [0.3, 0.4) is 0 Å². The van der Waals surface area contributed by atoms with E-state index in [2.05, 4.69) is 31.8 Å². The average Bonchev–Trinajstić information content (AvgIpc) is 3.24. The summed E-state index contributed by atoms with van der Waals surface area (Å²) in [6.07, 6.45) is 1.39. The van der Waals surface area contributed by atoms with Gasteiger partial charge >= 0.3 is 5.97 Å². The molecule has 0 atom stereocenters. The molecule has 3 aromatic carbocycles. The van der Waals surface area contributed by atoms with Crippen LogP contribution in [0, 0.1) is 0 Å². The molecular weight excluding hydrogens is 582 g/mol. The largest absolute Gasteiger partial charge is 0.493 e. The predicted octanol–water partition coefficient (Wildman–Crippen LogP) is 5.43. The van der Waals surface area contributed by atoms with Gasteiger partial charge in [0, 0.05) is 20.1 Å². The third kappa shape index (κ3) is 6.53. The zero-order valence-electron chi connectivity index (χ0n) is 19.3. The van der Waals surface area contributed by atoms with Crippen LogP contribution in [-0.2, 0) is 4.79 Å². The molecule has 0 saturated heterocycles. The van der Waals surface area contributed by atoms with Gasteiger partial charge in [-0.1, -0.05) is 51.8 Å². The third-order valence-electron chi connectivity index (χ3n) is 5.01. The van der Waals surface area contributed by atoms with Crippen molar-refractivity contribution in [2.75, 3.05) is 13.7 Å². The molecule has 8 nitrogen and oxygen atoms in total. The zero-order valence-corrected chi connectivity index (χ0v) is 22.4. The lowest BCUT2D eigenvalue weighted by Gasteiger charge is -2.09. The molecule has 1 aromatic heterocycles. The minimum Gasteiger partial charge on any atom is -0.493 e. The smallest absolute Gasteiger partial charge is 0.355 e. The molecule has 0 spiro atoms. The summed E-state index contributed by atoms with van der Waals surface area (Å²) in [6, 6.07) is 19.0. The Morgan fingerprint density at radius 3 is 2.62 bits per heavy atom. The molecule has 11 heteroatoms. The standard InChI is InChI=1S/C26H19BrClN3O5S/c1-35-20-11-15(13-30-31-22(32)14-29-25(33)16-5-4-6-17(27)12-16)9-10-19(20)36-26(34)24-23(28)18-7-2-3-8-21(18)37-24/h2-13H,14H2,1H3,(H,29,33)(H,31,32). The maximum absolute atomic E-state index is 12.8. The second-order valence-electron chi connectivity index (χ2n) is 7.53.